The summed E-state index contributed by atoms with van der Waals surface area (Å²) < 4.78 is 33.9. The predicted molar refractivity (Wildman–Crippen MR) is 32.7 cm³/mol. The van der Waals surface area contributed by atoms with Crippen molar-refractivity contribution in [3.8, 4) is 0 Å². The van der Waals surface area contributed by atoms with Crippen LogP contribution in [0.2, 0.25) is 0 Å². The van der Waals surface area contributed by atoms with Gasteiger partial charge in [-0.15, -0.1) is 12.4 Å². The fourth-order valence-electron chi connectivity index (χ4n) is 0.263. The Bertz CT molecular complexity index is 87.1. The van der Waals surface area contributed by atoms with Crippen molar-refractivity contribution in [2.24, 2.45) is 5.73 Å². The summed E-state index contributed by atoms with van der Waals surface area (Å²) >= 11 is 0. The number of nitrogens with two attached hydrogens (primary N) is 1. The Morgan fingerprint density at radius 3 is 2.00 bits per heavy atom. The van der Waals surface area contributed by atoms with Gasteiger partial charge in [0.1, 0.15) is 0 Å². The fraction of sp³-hybridized carbons (Fsp3) is 0.750. The largest absolute Gasteiger partial charge is 0.414 e. The van der Waals surface area contributed by atoms with Gasteiger partial charge in [-0.25, -0.2) is 0 Å². The van der Waals surface area contributed by atoms with Crippen molar-refractivity contribution in [3.05, 3.63) is 6.42 Å². The molecule has 63 valence electrons. The number of alkyl halides is 3. The van der Waals surface area contributed by atoms with E-state index in [0.29, 0.717) is 6.42 Å². The first-order chi connectivity index (χ1) is 3.98. The molecule has 0 spiro atoms. The molecule has 0 bridgehead atoms. The summed E-state index contributed by atoms with van der Waals surface area (Å²) in [5.41, 5.74) is 4.71. The van der Waals surface area contributed by atoms with Crippen LogP contribution in [0.5, 0.6) is 0 Å². The van der Waals surface area contributed by atoms with E-state index in [2.05, 4.69) is 0 Å². The molecular formula is C4H8ClF3NO. The molecule has 1 radical (unpaired) electrons. The molecule has 1 unspecified atom stereocenters. The second-order valence-electron chi connectivity index (χ2n) is 1.46. The van der Waals surface area contributed by atoms with Gasteiger partial charge in [-0.2, -0.15) is 13.2 Å². The highest BCUT2D eigenvalue weighted by atomic mass is 35.5. The Morgan fingerprint density at radius 2 is 1.90 bits per heavy atom. The number of rotatable bonds is 2. The van der Waals surface area contributed by atoms with Gasteiger partial charge in [0.05, 0.1) is 0 Å². The van der Waals surface area contributed by atoms with Crippen LogP contribution in [0.15, 0.2) is 0 Å². The molecule has 0 saturated carbocycles. The third-order valence-corrected chi connectivity index (χ3v) is 0.695. The van der Waals surface area contributed by atoms with Gasteiger partial charge in [-0.3, -0.25) is 0 Å². The first-order valence-corrected chi connectivity index (χ1v) is 2.26. The maximum atomic E-state index is 11.3. The summed E-state index contributed by atoms with van der Waals surface area (Å²) in [7, 11) is 0. The molecule has 0 saturated heterocycles. The minimum absolute atomic E-state index is 0. The lowest BCUT2D eigenvalue weighted by Crippen LogP contribution is -2.31. The van der Waals surface area contributed by atoms with Crippen LogP contribution in [-0.2, 0) is 0 Å². The van der Waals surface area contributed by atoms with Crippen molar-refractivity contribution in [2.45, 2.75) is 12.3 Å². The van der Waals surface area contributed by atoms with Crippen LogP contribution in [0, 0.1) is 6.42 Å². The maximum absolute atomic E-state index is 11.3. The lowest BCUT2D eigenvalue weighted by atomic mass is 10.2. The number of aliphatic hydroxyl groups excluding tert-OH is 1. The molecule has 2 nitrogen and oxygen atoms in total. The van der Waals surface area contributed by atoms with Crippen molar-refractivity contribution in [3.63, 3.8) is 0 Å². The van der Waals surface area contributed by atoms with Crippen molar-refractivity contribution < 1.29 is 18.3 Å². The third-order valence-electron chi connectivity index (χ3n) is 0.695. The van der Waals surface area contributed by atoms with Crippen molar-refractivity contribution in [1.82, 2.24) is 0 Å². The molecule has 10 heavy (non-hydrogen) atoms. The standard InChI is InChI=1S/C4H7F3NO.ClH/c5-4(6,7)3(9)1-2-8;/h1,3,9H,2,8H2;1H. The van der Waals surface area contributed by atoms with E-state index in [9.17, 15) is 13.2 Å². The maximum Gasteiger partial charge on any atom is 0.414 e. The van der Waals surface area contributed by atoms with E-state index in [1.807, 2.05) is 0 Å². The second-order valence-corrected chi connectivity index (χ2v) is 1.46. The van der Waals surface area contributed by atoms with Crippen LogP contribution < -0.4 is 5.73 Å². The van der Waals surface area contributed by atoms with Crippen LogP contribution in [0.25, 0.3) is 0 Å². The smallest absolute Gasteiger partial charge is 0.383 e. The summed E-state index contributed by atoms with van der Waals surface area (Å²) in [6, 6.07) is 0. The van der Waals surface area contributed by atoms with Gasteiger partial charge in [0, 0.05) is 6.42 Å². The average Bonchev–Trinajstić information content (AvgIpc) is 1.64. The number of halogens is 4. The van der Waals surface area contributed by atoms with E-state index in [4.69, 9.17) is 10.8 Å². The molecule has 3 N–H and O–H groups in total. The fourth-order valence-corrected chi connectivity index (χ4v) is 0.263. The zero-order valence-electron chi connectivity index (χ0n) is 4.93. The van der Waals surface area contributed by atoms with E-state index in [-0.39, 0.29) is 19.0 Å². The number of hydrogen-bond acceptors (Lipinski definition) is 2. The minimum atomic E-state index is -4.57. The molecule has 0 amide bonds. The van der Waals surface area contributed by atoms with Crippen molar-refractivity contribution in [2.75, 3.05) is 6.54 Å². The highest BCUT2D eigenvalue weighted by Crippen LogP contribution is 2.20. The predicted octanol–water partition coefficient (Wildman–Crippen LogP) is 0.494. The van der Waals surface area contributed by atoms with Gasteiger partial charge in [0.2, 0.25) is 0 Å². The van der Waals surface area contributed by atoms with Crippen molar-refractivity contribution in [1.29, 1.82) is 0 Å². The van der Waals surface area contributed by atoms with Crippen molar-refractivity contribution >= 4 is 12.4 Å². The molecule has 0 aliphatic heterocycles. The quantitative estimate of drug-likeness (QED) is 0.647. The zero-order valence-corrected chi connectivity index (χ0v) is 5.75. The van der Waals surface area contributed by atoms with E-state index in [1.54, 1.807) is 0 Å². The highest BCUT2D eigenvalue weighted by molar-refractivity contribution is 5.85. The molecule has 0 aliphatic rings. The molecule has 0 aromatic carbocycles. The Labute approximate surface area is 62.6 Å². The third kappa shape index (κ3) is 4.84. The van der Waals surface area contributed by atoms with Gasteiger partial charge in [0.15, 0.2) is 6.10 Å². The summed E-state index contributed by atoms with van der Waals surface area (Å²) in [6.45, 7) is -0.277. The van der Waals surface area contributed by atoms with Gasteiger partial charge in [-0.05, 0) is 6.54 Å². The summed E-state index contributed by atoms with van der Waals surface area (Å²) in [6.07, 6.45) is -6.37. The Kier molecular flexibility index (Phi) is 6.02. The van der Waals surface area contributed by atoms with Gasteiger partial charge < -0.3 is 10.8 Å². The molecule has 0 aromatic rings. The van der Waals surface area contributed by atoms with Gasteiger partial charge >= 0.3 is 6.18 Å². The summed E-state index contributed by atoms with van der Waals surface area (Å²) in [5, 5.41) is 8.13. The minimum Gasteiger partial charge on any atom is -0.383 e. The van der Waals surface area contributed by atoms with E-state index in [1.165, 1.54) is 0 Å². The Morgan fingerprint density at radius 1 is 1.50 bits per heavy atom. The first-order valence-electron chi connectivity index (χ1n) is 2.26. The van der Waals surface area contributed by atoms with E-state index < -0.39 is 12.3 Å². The zero-order chi connectivity index (χ0) is 7.49. The number of hydrogen-bond donors (Lipinski definition) is 2. The molecule has 1 atom stereocenters. The van der Waals surface area contributed by atoms with Crippen LogP contribution in [-0.4, -0.2) is 23.9 Å². The molecular weight excluding hydrogens is 170 g/mol. The molecule has 6 heteroatoms. The Balaban J connectivity index is 0. The second kappa shape index (κ2) is 4.76. The molecule has 0 rings (SSSR count). The lowest BCUT2D eigenvalue weighted by Gasteiger charge is -2.11. The Hall–Kier alpha value is -0.0000000000000000555. The number of aliphatic hydroxyl groups is 1. The molecule has 0 aromatic heterocycles. The van der Waals surface area contributed by atoms with Crippen LogP contribution in [0.4, 0.5) is 13.2 Å². The normalized spacial score (nSPS) is 14.1. The molecule has 0 aliphatic carbocycles. The van der Waals surface area contributed by atoms with E-state index in [0.717, 1.165) is 0 Å². The summed E-state index contributed by atoms with van der Waals surface area (Å²) in [4.78, 5) is 0. The lowest BCUT2D eigenvalue weighted by molar-refractivity contribution is -0.192. The summed E-state index contributed by atoms with van der Waals surface area (Å²) in [5.74, 6) is 0. The van der Waals surface area contributed by atoms with E-state index >= 15 is 0 Å². The van der Waals surface area contributed by atoms with Crippen LogP contribution >= 0.6 is 12.4 Å². The average molecular weight is 179 g/mol. The SMILES string of the molecule is Cl.NC[CH]C(O)C(F)(F)F. The first kappa shape index (κ1) is 12.7. The monoisotopic (exact) mass is 178 g/mol. The van der Waals surface area contributed by atoms with Crippen LogP contribution in [0.3, 0.4) is 0 Å². The highest BCUT2D eigenvalue weighted by Gasteiger charge is 2.37. The molecule has 0 heterocycles. The van der Waals surface area contributed by atoms with Crippen LogP contribution in [0.1, 0.15) is 0 Å². The molecule has 0 fully saturated rings. The van der Waals surface area contributed by atoms with Gasteiger partial charge in [0.25, 0.3) is 0 Å². The topological polar surface area (TPSA) is 46.2 Å². The van der Waals surface area contributed by atoms with Gasteiger partial charge in [-0.1, -0.05) is 0 Å².